The lowest BCUT2D eigenvalue weighted by atomic mass is 10.2. The number of carbonyl (C=O) groups excluding carboxylic acids is 1. The summed E-state index contributed by atoms with van der Waals surface area (Å²) in [6, 6.07) is 6.31. The molecule has 0 saturated carbocycles. The van der Waals surface area contributed by atoms with Gasteiger partial charge >= 0.3 is 0 Å². The van der Waals surface area contributed by atoms with Crippen molar-refractivity contribution < 1.29 is 13.2 Å². The molecule has 6 nitrogen and oxygen atoms in total. The van der Waals surface area contributed by atoms with Crippen molar-refractivity contribution in [2.45, 2.75) is 11.4 Å². The van der Waals surface area contributed by atoms with E-state index in [0.29, 0.717) is 6.54 Å². The molecule has 0 radical (unpaired) electrons. The smallest absolute Gasteiger partial charge is 0.243 e. The van der Waals surface area contributed by atoms with Crippen molar-refractivity contribution in [3.05, 3.63) is 29.8 Å². The number of rotatable bonds is 5. The van der Waals surface area contributed by atoms with Crippen LogP contribution in [0.15, 0.2) is 29.2 Å². The molecular formula is C12H19N3O3S. The monoisotopic (exact) mass is 285 g/mol. The molecule has 0 aliphatic heterocycles. The zero-order chi connectivity index (χ0) is 14.6. The maximum Gasteiger partial charge on any atom is 0.243 e. The fraction of sp³-hybridized carbons (Fsp3) is 0.417. The highest BCUT2D eigenvalue weighted by Crippen LogP contribution is 2.15. The van der Waals surface area contributed by atoms with Crippen LogP contribution >= 0.6 is 0 Å². The summed E-state index contributed by atoms with van der Waals surface area (Å²) in [5.41, 5.74) is 6.31. The van der Waals surface area contributed by atoms with Gasteiger partial charge < -0.3 is 10.6 Å². The molecular weight excluding hydrogens is 266 g/mol. The van der Waals surface area contributed by atoms with Crippen molar-refractivity contribution in [3.8, 4) is 0 Å². The fourth-order valence-electron chi connectivity index (χ4n) is 1.39. The zero-order valence-corrected chi connectivity index (χ0v) is 12.1. The van der Waals surface area contributed by atoms with Crippen molar-refractivity contribution >= 4 is 15.9 Å². The highest BCUT2D eigenvalue weighted by atomic mass is 32.2. The minimum absolute atomic E-state index is 0.152. The van der Waals surface area contributed by atoms with Crippen LogP contribution in [0, 0.1) is 0 Å². The molecule has 106 valence electrons. The van der Waals surface area contributed by atoms with E-state index in [-0.39, 0.29) is 17.3 Å². The summed E-state index contributed by atoms with van der Waals surface area (Å²) in [7, 11) is 0.899. The quantitative estimate of drug-likeness (QED) is 0.816. The van der Waals surface area contributed by atoms with Crippen LogP contribution in [0.4, 0.5) is 0 Å². The van der Waals surface area contributed by atoms with E-state index in [1.807, 2.05) is 0 Å². The Morgan fingerprint density at radius 3 is 2.11 bits per heavy atom. The Morgan fingerprint density at radius 1 is 1.16 bits per heavy atom. The standard InChI is InChI=1S/C12H19N3O3S/c1-14(2)12(16)9-15(3)19(17,18)11-6-4-10(8-13)5-7-11/h4-7H,8-9,13H2,1-3H3. The molecule has 1 aromatic rings. The van der Waals surface area contributed by atoms with E-state index in [9.17, 15) is 13.2 Å². The highest BCUT2D eigenvalue weighted by Gasteiger charge is 2.23. The Kier molecular flexibility index (Phi) is 5.04. The summed E-state index contributed by atoms with van der Waals surface area (Å²) >= 11 is 0. The summed E-state index contributed by atoms with van der Waals surface area (Å²) in [5.74, 6) is -0.273. The van der Waals surface area contributed by atoms with Gasteiger partial charge in [-0.25, -0.2) is 8.42 Å². The summed E-state index contributed by atoms with van der Waals surface area (Å²) in [6.45, 7) is 0.170. The lowest BCUT2D eigenvalue weighted by molar-refractivity contribution is -0.128. The number of hydrogen-bond donors (Lipinski definition) is 1. The average Bonchev–Trinajstić information content (AvgIpc) is 2.38. The third kappa shape index (κ3) is 3.76. The number of nitrogens with zero attached hydrogens (tertiary/aromatic N) is 2. The first-order chi connectivity index (χ1) is 8.78. The van der Waals surface area contributed by atoms with E-state index in [1.165, 1.54) is 24.1 Å². The zero-order valence-electron chi connectivity index (χ0n) is 11.3. The average molecular weight is 285 g/mol. The van der Waals surface area contributed by atoms with Gasteiger partial charge in [0, 0.05) is 27.7 Å². The summed E-state index contributed by atoms with van der Waals surface area (Å²) in [4.78, 5) is 13.0. The molecule has 19 heavy (non-hydrogen) atoms. The molecule has 0 heterocycles. The number of hydrogen-bond acceptors (Lipinski definition) is 4. The SMILES string of the molecule is CN(C)C(=O)CN(C)S(=O)(=O)c1ccc(CN)cc1. The second kappa shape index (κ2) is 6.14. The van der Waals surface area contributed by atoms with Gasteiger partial charge in [-0.15, -0.1) is 0 Å². The number of nitrogens with two attached hydrogens (primary N) is 1. The van der Waals surface area contributed by atoms with Gasteiger partial charge in [0.05, 0.1) is 11.4 Å². The molecule has 0 spiro atoms. The van der Waals surface area contributed by atoms with Gasteiger partial charge in [-0.05, 0) is 17.7 Å². The van der Waals surface area contributed by atoms with Crippen LogP contribution < -0.4 is 5.73 Å². The summed E-state index contributed by atoms with van der Waals surface area (Å²) in [6.07, 6.45) is 0. The maximum atomic E-state index is 12.2. The summed E-state index contributed by atoms with van der Waals surface area (Å²) in [5, 5.41) is 0. The maximum absolute atomic E-state index is 12.2. The summed E-state index contributed by atoms with van der Waals surface area (Å²) < 4.78 is 25.5. The number of likely N-dealkylation sites (N-methyl/N-ethyl adjacent to an activating group) is 2. The van der Waals surface area contributed by atoms with Crippen LogP contribution in [0.2, 0.25) is 0 Å². The molecule has 0 aliphatic carbocycles. The minimum Gasteiger partial charge on any atom is -0.348 e. The molecule has 0 unspecified atom stereocenters. The molecule has 2 N–H and O–H groups in total. The molecule has 1 aromatic carbocycles. The second-order valence-corrected chi connectivity index (χ2v) is 6.44. The van der Waals surface area contributed by atoms with Crippen LogP contribution in [0.3, 0.4) is 0 Å². The molecule has 1 rings (SSSR count). The number of sulfonamides is 1. The molecule has 0 aliphatic rings. The molecule has 1 amide bonds. The number of carbonyl (C=O) groups is 1. The largest absolute Gasteiger partial charge is 0.348 e. The Hall–Kier alpha value is -1.44. The van der Waals surface area contributed by atoms with Gasteiger partial charge in [0.25, 0.3) is 0 Å². The molecule has 0 bridgehead atoms. The Labute approximate surface area is 113 Å². The van der Waals surface area contributed by atoms with Crippen molar-refractivity contribution in [3.63, 3.8) is 0 Å². The van der Waals surface area contributed by atoms with E-state index >= 15 is 0 Å². The highest BCUT2D eigenvalue weighted by molar-refractivity contribution is 7.89. The van der Waals surface area contributed by atoms with E-state index in [2.05, 4.69) is 0 Å². The van der Waals surface area contributed by atoms with Gasteiger partial charge in [-0.2, -0.15) is 4.31 Å². The Bertz CT molecular complexity index is 538. The van der Waals surface area contributed by atoms with Crippen LogP contribution in [0.5, 0.6) is 0 Å². The normalized spacial score (nSPS) is 11.6. The van der Waals surface area contributed by atoms with E-state index in [4.69, 9.17) is 5.73 Å². The van der Waals surface area contributed by atoms with Crippen LogP contribution in [0.25, 0.3) is 0 Å². The molecule has 0 aromatic heterocycles. The lowest BCUT2D eigenvalue weighted by Gasteiger charge is -2.19. The molecule has 0 saturated heterocycles. The Morgan fingerprint density at radius 2 is 1.68 bits per heavy atom. The number of amides is 1. The lowest BCUT2D eigenvalue weighted by Crippen LogP contribution is -2.37. The Balaban J connectivity index is 2.93. The predicted octanol–water partition coefficient (Wildman–Crippen LogP) is -0.146. The van der Waals surface area contributed by atoms with E-state index < -0.39 is 10.0 Å². The van der Waals surface area contributed by atoms with Gasteiger partial charge in [-0.1, -0.05) is 12.1 Å². The van der Waals surface area contributed by atoms with Crippen molar-refractivity contribution in [1.29, 1.82) is 0 Å². The van der Waals surface area contributed by atoms with E-state index in [0.717, 1.165) is 9.87 Å². The first kappa shape index (κ1) is 15.6. The first-order valence-electron chi connectivity index (χ1n) is 5.74. The molecule has 0 atom stereocenters. The molecule has 0 fully saturated rings. The van der Waals surface area contributed by atoms with Crippen LogP contribution in [-0.2, 0) is 21.4 Å². The topological polar surface area (TPSA) is 83.7 Å². The van der Waals surface area contributed by atoms with Crippen molar-refractivity contribution in [1.82, 2.24) is 9.21 Å². The van der Waals surface area contributed by atoms with Crippen molar-refractivity contribution in [2.24, 2.45) is 5.73 Å². The van der Waals surface area contributed by atoms with Gasteiger partial charge in [-0.3, -0.25) is 4.79 Å². The third-order valence-corrected chi connectivity index (χ3v) is 4.54. The van der Waals surface area contributed by atoms with Crippen LogP contribution in [-0.4, -0.2) is 51.2 Å². The van der Waals surface area contributed by atoms with Gasteiger partial charge in [0.15, 0.2) is 0 Å². The van der Waals surface area contributed by atoms with Gasteiger partial charge in [0.2, 0.25) is 15.9 Å². The first-order valence-corrected chi connectivity index (χ1v) is 7.18. The minimum atomic E-state index is -3.65. The van der Waals surface area contributed by atoms with Crippen molar-refractivity contribution in [2.75, 3.05) is 27.7 Å². The van der Waals surface area contributed by atoms with Crippen LogP contribution in [0.1, 0.15) is 5.56 Å². The van der Waals surface area contributed by atoms with E-state index in [1.54, 1.807) is 26.2 Å². The fourth-order valence-corrected chi connectivity index (χ4v) is 2.51. The number of benzene rings is 1. The molecule has 7 heteroatoms. The second-order valence-electron chi connectivity index (χ2n) is 4.40. The predicted molar refractivity (Wildman–Crippen MR) is 72.8 cm³/mol. The third-order valence-electron chi connectivity index (χ3n) is 2.72. The van der Waals surface area contributed by atoms with Gasteiger partial charge in [0.1, 0.15) is 0 Å².